The fourth-order valence-corrected chi connectivity index (χ4v) is 3.95. The second-order valence-electron chi connectivity index (χ2n) is 7.68. The minimum absolute atomic E-state index is 0.187. The van der Waals surface area contributed by atoms with E-state index >= 15 is 0 Å². The number of aryl methyl sites for hydroxylation is 2. The molecule has 144 valence electrons. The van der Waals surface area contributed by atoms with Gasteiger partial charge in [-0.05, 0) is 51.4 Å². The molecule has 4 rings (SSSR count). The summed E-state index contributed by atoms with van der Waals surface area (Å²) >= 11 is 0. The lowest BCUT2D eigenvalue weighted by Crippen LogP contribution is -2.39. The molecule has 1 saturated heterocycles. The van der Waals surface area contributed by atoms with Crippen molar-refractivity contribution in [3.05, 3.63) is 71.4 Å². The van der Waals surface area contributed by atoms with E-state index in [1.807, 2.05) is 4.68 Å². The van der Waals surface area contributed by atoms with Crippen LogP contribution in [0.15, 0.2) is 54.7 Å². The number of aromatic nitrogens is 2. The van der Waals surface area contributed by atoms with Crippen LogP contribution in [0.3, 0.4) is 0 Å². The van der Waals surface area contributed by atoms with Crippen molar-refractivity contribution in [3.63, 3.8) is 0 Å². The van der Waals surface area contributed by atoms with Crippen LogP contribution in [0, 0.1) is 13.8 Å². The molecule has 1 fully saturated rings. The topological polar surface area (TPSA) is 64.2 Å². The number of rotatable bonds is 5. The van der Waals surface area contributed by atoms with E-state index in [9.17, 15) is 4.79 Å². The number of likely N-dealkylation sites (tertiary alicyclic amines) is 1. The lowest BCUT2D eigenvalue weighted by Gasteiger charge is -2.21. The summed E-state index contributed by atoms with van der Waals surface area (Å²) in [6.07, 6.45) is 3.92. The fourth-order valence-electron chi connectivity index (χ4n) is 3.95. The first-order chi connectivity index (χ1) is 13.5. The molecular weight excluding hydrogens is 348 g/mol. The third-order valence-corrected chi connectivity index (χ3v) is 5.45. The van der Waals surface area contributed by atoms with E-state index in [0.29, 0.717) is 6.54 Å². The summed E-state index contributed by atoms with van der Waals surface area (Å²) in [5, 5.41) is 4.91. The zero-order chi connectivity index (χ0) is 19.7. The van der Waals surface area contributed by atoms with Crippen LogP contribution in [-0.4, -0.2) is 33.2 Å². The van der Waals surface area contributed by atoms with Crippen molar-refractivity contribution in [3.8, 4) is 16.9 Å². The molecule has 1 atom stereocenters. The number of nitrogens with zero attached hydrogens (tertiary/aromatic N) is 3. The van der Waals surface area contributed by atoms with E-state index in [1.165, 1.54) is 11.1 Å². The normalized spacial score (nSPS) is 17.1. The highest BCUT2D eigenvalue weighted by Gasteiger charge is 2.30. The van der Waals surface area contributed by atoms with Crippen molar-refractivity contribution in [2.75, 3.05) is 6.54 Å². The molecule has 0 radical (unpaired) electrons. The van der Waals surface area contributed by atoms with E-state index in [-0.39, 0.29) is 11.9 Å². The summed E-state index contributed by atoms with van der Waals surface area (Å²) in [6, 6.07) is 16.5. The van der Waals surface area contributed by atoms with E-state index in [1.54, 1.807) is 0 Å². The Balaban J connectivity index is 1.74. The van der Waals surface area contributed by atoms with Crippen LogP contribution >= 0.6 is 0 Å². The van der Waals surface area contributed by atoms with Gasteiger partial charge in [-0.25, -0.2) is 4.68 Å². The average Bonchev–Trinajstić information content (AvgIpc) is 3.30. The molecule has 3 aromatic rings. The molecule has 1 aliphatic rings. The van der Waals surface area contributed by atoms with Gasteiger partial charge in [0.15, 0.2) is 0 Å². The Bertz CT molecular complexity index is 990. The van der Waals surface area contributed by atoms with Crippen molar-refractivity contribution in [1.29, 1.82) is 0 Å². The van der Waals surface area contributed by atoms with Gasteiger partial charge in [-0.2, -0.15) is 5.10 Å². The van der Waals surface area contributed by atoms with Crippen molar-refractivity contribution >= 4 is 5.91 Å². The summed E-state index contributed by atoms with van der Waals surface area (Å²) in [5.41, 5.74) is 12.2. The van der Waals surface area contributed by atoms with Gasteiger partial charge in [0.2, 0.25) is 5.91 Å². The predicted octanol–water partition coefficient (Wildman–Crippen LogP) is 3.61. The summed E-state index contributed by atoms with van der Waals surface area (Å²) in [6.45, 7) is 5.72. The van der Waals surface area contributed by atoms with Gasteiger partial charge in [0.05, 0.1) is 17.4 Å². The number of nitrogens with two attached hydrogens (primary N) is 1. The van der Waals surface area contributed by atoms with E-state index in [4.69, 9.17) is 10.8 Å². The molecule has 2 aromatic carbocycles. The fraction of sp³-hybridized carbons (Fsp3) is 0.304. The minimum atomic E-state index is -0.236. The van der Waals surface area contributed by atoms with Gasteiger partial charge in [-0.1, -0.05) is 41.5 Å². The quantitative estimate of drug-likeness (QED) is 0.742. The molecule has 1 amide bonds. The Morgan fingerprint density at radius 3 is 2.64 bits per heavy atom. The van der Waals surface area contributed by atoms with Gasteiger partial charge in [-0.15, -0.1) is 0 Å². The molecule has 0 spiro atoms. The number of carbonyl (C=O) groups excluding carboxylic acids is 1. The minimum Gasteiger partial charge on any atom is -0.368 e. The Morgan fingerprint density at radius 2 is 1.93 bits per heavy atom. The van der Waals surface area contributed by atoms with Crippen LogP contribution in [0.2, 0.25) is 0 Å². The zero-order valence-corrected chi connectivity index (χ0v) is 16.4. The highest BCUT2D eigenvalue weighted by Crippen LogP contribution is 2.28. The van der Waals surface area contributed by atoms with Gasteiger partial charge in [0.25, 0.3) is 0 Å². The third-order valence-electron chi connectivity index (χ3n) is 5.45. The molecular formula is C23H26N4O. The Kier molecular flexibility index (Phi) is 5.01. The number of amides is 1. The lowest BCUT2D eigenvalue weighted by molar-refractivity contribution is -0.122. The molecule has 1 aromatic heterocycles. The van der Waals surface area contributed by atoms with Crippen molar-refractivity contribution < 1.29 is 4.79 Å². The maximum Gasteiger partial charge on any atom is 0.234 e. The Hall–Kier alpha value is -2.92. The largest absolute Gasteiger partial charge is 0.368 e. The van der Waals surface area contributed by atoms with Crippen LogP contribution in [0.25, 0.3) is 16.9 Å². The molecule has 1 aliphatic heterocycles. The number of hydrogen-bond donors (Lipinski definition) is 1. The van der Waals surface area contributed by atoms with Crippen molar-refractivity contribution in [2.45, 2.75) is 39.3 Å². The maximum absolute atomic E-state index is 11.8. The summed E-state index contributed by atoms with van der Waals surface area (Å²) in [5.74, 6) is -0.236. The van der Waals surface area contributed by atoms with Gasteiger partial charge in [-0.3, -0.25) is 9.69 Å². The highest BCUT2D eigenvalue weighted by molar-refractivity contribution is 5.80. The molecule has 5 nitrogen and oxygen atoms in total. The molecule has 1 unspecified atom stereocenters. The van der Waals surface area contributed by atoms with E-state index in [0.717, 1.165) is 41.9 Å². The molecule has 0 aliphatic carbocycles. The SMILES string of the molecule is Cc1ccc(-n2cc(CN3CCCC3C(N)=O)c(-c3cccc(C)c3)n2)cc1. The van der Waals surface area contributed by atoms with Gasteiger partial charge in [0.1, 0.15) is 0 Å². The van der Waals surface area contributed by atoms with Gasteiger partial charge < -0.3 is 5.73 Å². The monoisotopic (exact) mass is 374 g/mol. The van der Waals surface area contributed by atoms with Crippen LogP contribution in [0.5, 0.6) is 0 Å². The Morgan fingerprint density at radius 1 is 1.14 bits per heavy atom. The third kappa shape index (κ3) is 3.71. The predicted molar refractivity (Wildman–Crippen MR) is 111 cm³/mol. The second kappa shape index (κ2) is 7.60. The number of benzene rings is 2. The molecule has 5 heteroatoms. The molecule has 0 bridgehead atoms. The average molecular weight is 374 g/mol. The van der Waals surface area contributed by atoms with Crippen LogP contribution in [0.1, 0.15) is 29.5 Å². The molecule has 2 N–H and O–H groups in total. The second-order valence-corrected chi connectivity index (χ2v) is 7.68. The summed E-state index contributed by atoms with van der Waals surface area (Å²) < 4.78 is 1.93. The first kappa shape index (κ1) is 18.4. The van der Waals surface area contributed by atoms with Crippen LogP contribution in [-0.2, 0) is 11.3 Å². The smallest absolute Gasteiger partial charge is 0.234 e. The van der Waals surface area contributed by atoms with Crippen molar-refractivity contribution in [1.82, 2.24) is 14.7 Å². The first-order valence-corrected chi connectivity index (χ1v) is 9.77. The number of carbonyl (C=O) groups is 1. The Labute approximate surface area is 165 Å². The van der Waals surface area contributed by atoms with Crippen LogP contribution in [0.4, 0.5) is 0 Å². The van der Waals surface area contributed by atoms with Crippen molar-refractivity contribution in [2.24, 2.45) is 5.73 Å². The first-order valence-electron chi connectivity index (χ1n) is 9.77. The number of primary amides is 1. The highest BCUT2D eigenvalue weighted by atomic mass is 16.1. The number of hydrogen-bond acceptors (Lipinski definition) is 3. The summed E-state index contributed by atoms with van der Waals surface area (Å²) in [7, 11) is 0. The van der Waals surface area contributed by atoms with Crippen LogP contribution < -0.4 is 5.73 Å². The van der Waals surface area contributed by atoms with E-state index < -0.39 is 0 Å². The molecule has 28 heavy (non-hydrogen) atoms. The lowest BCUT2D eigenvalue weighted by atomic mass is 10.1. The summed E-state index contributed by atoms with van der Waals surface area (Å²) in [4.78, 5) is 14.0. The molecule has 0 saturated carbocycles. The maximum atomic E-state index is 11.8. The zero-order valence-electron chi connectivity index (χ0n) is 16.4. The standard InChI is InChI=1S/C23H26N4O/c1-16-8-10-20(11-9-16)27-15-19(14-26-12-4-7-21(26)23(24)28)22(25-27)18-6-3-5-17(2)13-18/h3,5-6,8-11,13,15,21H,4,7,12,14H2,1-2H3,(H2,24,28). The van der Waals surface area contributed by atoms with Gasteiger partial charge >= 0.3 is 0 Å². The van der Waals surface area contributed by atoms with E-state index in [2.05, 4.69) is 73.5 Å². The molecule has 2 heterocycles. The van der Waals surface area contributed by atoms with Gasteiger partial charge in [0, 0.05) is 23.9 Å².